The molecule has 0 spiro atoms. The Morgan fingerprint density at radius 1 is 0.568 bits per heavy atom. The van der Waals surface area contributed by atoms with Gasteiger partial charge in [-0.15, -0.1) is 11.3 Å². The van der Waals surface area contributed by atoms with Crippen LogP contribution < -0.4 is 4.90 Å². The first-order chi connectivity index (χ1) is 21.2. The first kappa shape index (κ1) is 26.9. The average Bonchev–Trinajstić information content (AvgIpc) is 3.62. The van der Waals surface area contributed by atoms with Gasteiger partial charge < -0.3 is 4.90 Å². The minimum Gasteiger partial charge on any atom is -0.310 e. The molecule has 0 saturated carbocycles. The molecule has 2 aliphatic carbocycles. The molecular formula is C41H33NOS. The first-order valence-corrected chi connectivity index (χ1v) is 16.0. The van der Waals surface area contributed by atoms with Crippen LogP contribution in [0.15, 0.2) is 127 Å². The van der Waals surface area contributed by atoms with Crippen LogP contribution in [0.25, 0.3) is 27.3 Å². The molecule has 0 unspecified atom stereocenters. The fraction of sp³-hybridized carbons (Fsp3) is 0.146. The third-order valence-corrected chi connectivity index (χ3v) is 10.8. The lowest BCUT2D eigenvalue weighted by Gasteiger charge is -2.28. The van der Waals surface area contributed by atoms with Gasteiger partial charge in [0.2, 0.25) is 0 Å². The highest BCUT2D eigenvalue weighted by molar-refractivity contribution is 7.16. The number of carbonyl (C=O) groups excluding carboxylic acids is 1. The largest absolute Gasteiger partial charge is 0.310 e. The topological polar surface area (TPSA) is 20.3 Å². The molecule has 0 fully saturated rings. The van der Waals surface area contributed by atoms with Gasteiger partial charge in [0.25, 0.3) is 0 Å². The van der Waals surface area contributed by atoms with Crippen LogP contribution >= 0.6 is 11.3 Å². The van der Waals surface area contributed by atoms with Crippen molar-refractivity contribution in [3.63, 3.8) is 0 Å². The number of hydrogen-bond donors (Lipinski definition) is 0. The van der Waals surface area contributed by atoms with E-state index >= 15 is 0 Å². The second-order valence-corrected chi connectivity index (χ2v) is 14.1. The first-order valence-electron chi connectivity index (χ1n) is 15.2. The minimum atomic E-state index is -0.311. The second kappa shape index (κ2) is 9.64. The Morgan fingerprint density at radius 2 is 1.25 bits per heavy atom. The predicted molar refractivity (Wildman–Crippen MR) is 186 cm³/mol. The Labute approximate surface area is 262 Å². The summed E-state index contributed by atoms with van der Waals surface area (Å²) in [7, 11) is 0. The van der Waals surface area contributed by atoms with Crippen molar-refractivity contribution in [2.75, 3.05) is 4.90 Å². The maximum atomic E-state index is 13.5. The van der Waals surface area contributed by atoms with Crippen LogP contribution in [-0.4, -0.2) is 5.78 Å². The second-order valence-electron chi connectivity index (χ2n) is 13.0. The molecule has 1 aromatic heterocycles. The molecule has 0 radical (unpaired) electrons. The zero-order chi connectivity index (χ0) is 30.2. The molecule has 2 aliphatic rings. The van der Waals surface area contributed by atoms with E-state index in [1.54, 1.807) is 11.3 Å². The SMILES string of the molecule is CC1(C)/C(=C/c2cc3c(s2)-c2ccc(N(c4ccccc4)c4ccc5ccccc5c4)cc2C3(C)C)C(=O)c2ccccc21. The Bertz CT molecular complexity index is 2150. The highest BCUT2D eigenvalue weighted by atomic mass is 32.1. The van der Waals surface area contributed by atoms with E-state index in [0.29, 0.717) is 0 Å². The van der Waals surface area contributed by atoms with Gasteiger partial charge in [0.15, 0.2) is 5.78 Å². The van der Waals surface area contributed by atoms with Gasteiger partial charge >= 0.3 is 0 Å². The number of hydrogen-bond acceptors (Lipinski definition) is 3. The van der Waals surface area contributed by atoms with Gasteiger partial charge in [0.05, 0.1) is 0 Å². The number of thiophene rings is 1. The monoisotopic (exact) mass is 587 g/mol. The number of para-hydroxylation sites is 1. The van der Waals surface area contributed by atoms with Gasteiger partial charge in [-0.3, -0.25) is 4.79 Å². The summed E-state index contributed by atoms with van der Waals surface area (Å²) in [5.41, 5.74) is 9.72. The molecule has 0 saturated heterocycles. The van der Waals surface area contributed by atoms with Crippen molar-refractivity contribution >= 4 is 51.0 Å². The third kappa shape index (κ3) is 3.96. The van der Waals surface area contributed by atoms with Gasteiger partial charge in [-0.25, -0.2) is 0 Å². The van der Waals surface area contributed by atoms with Crippen LogP contribution in [0.5, 0.6) is 0 Å². The summed E-state index contributed by atoms with van der Waals surface area (Å²) in [5, 5.41) is 2.46. The van der Waals surface area contributed by atoms with Crippen molar-refractivity contribution in [3.05, 3.63) is 154 Å². The lowest BCUT2D eigenvalue weighted by Crippen LogP contribution is -2.17. The molecule has 0 amide bonds. The van der Waals surface area contributed by atoms with E-state index in [4.69, 9.17) is 0 Å². The molecule has 0 aliphatic heterocycles. The highest BCUT2D eigenvalue weighted by Crippen LogP contribution is 2.54. The Balaban J connectivity index is 1.22. The number of anilines is 3. The number of allylic oxidation sites excluding steroid dienone is 1. The van der Waals surface area contributed by atoms with Crippen LogP contribution in [0.2, 0.25) is 0 Å². The van der Waals surface area contributed by atoms with Gasteiger partial charge in [-0.05, 0) is 81.6 Å². The number of Topliss-reactive ketones (excluding diaryl/α,β-unsaturated/α-hetero) is 1. The van der Waals surface area contributed by atoms with E-state index in [2.05, 4.69) is 142 Å². The van der Waals surface area contributed by atoms with Crippen LogP contribution in [0.4, 0.5) is 17.1 Å². The van der Waals surface area contributed by atoms with E-state index in [9.17, 15) is 4.79 Å². The number of ketones is 1. The zero-order valence-corrected chi connectivity index (χ0v) is 26.2. The van der Waals surface area contributed by atoms with Gasteiger partial charge in [0.1, 0.15) is 0 Å². The van der Waals surface area contributed by atoms with Crippen molar-refractivity contribution in [1.29, 1.82) is 0 Å². The van der Waals surface area contributed by atoms with Crippen LogP contribution in [-0.2, 0) is 10.8 Å². The molecule has 2 nitrogen and oxygen atoms in total. The van der Waals surface area contributed by atoms with Crippen LogP contribution in [0.1, 0.15) is 59.6 Å². The molecule has 8 rings (SSSR count). The number of fused-ring (bicyclic) bond motifs is 5. The van der Waals surface area contributed by atoms with Crippen LogP contribution in [0, 0.1) is 0 Å². The lowest BCUT2D eigenvalue weighted by atomic mass is 9.81. The molecule has 214 valence electrons. The summed E-state index contributed by atoms with van der Waals surface area (Å²) in [6, 6.07) is 43.1. The summed E-state index contributed by atoms with van der Waals surface area (Å²) < 4.78 is 0. The van der Waals surface area contributed by atoms with Gasteiger partial charge in [0, 0.05) is 48.8 Å². The summed E-state index contributed by atoms with van der Waals surface area (Å²) in [4.78, 5) is 18.3. The molecule has 0 atom stereocenters. The lowest BCUT2D eigenvalue weighted by molar-refractivity contribution is 0.103. The molecule has 1 heterocycles. The Kier molecular flexibility index (Phi) is 5.88. The molecule has 0 bridgehead atoms. The Hall–Kier alpha value is -4.73. The highest BCUT2D eigenvalue weighted by Gasteiger charge is 2.42. The van der Waals surface area contributed by atoms with Gasteiger partial charge in [-0.2, -0.15) is 0 Å². The van der Waals surface area contributed by atoms with E-state index in [1.807, 2.05) is 18.2 Å². The molecule has 3 heteroatoms. The molecular weight excluding hydrogens is 555 g/mol. The summed E-state index contributed by atoms with van der Waals surface area (Å²) in [5.74, 6) is 0.151. The fourth-order valence-corrected chi connectivity index (χ4v) is 8.51. The molecule has 5 aromatic carbocycles. The maximum absolute atomic E-state index is 13.5. The van der Waals surface area contributed by atoms with Crippen molar-refractivity contribution in [3.8, 4) is 10.4 Å². The number of rotatable bonds is 4. The maximum Gasteiger partial charge on any atom is 0.190 e. The van der Waals surface area contributed by atoms with Crippen molar-refractivity contribution < 1.29 is 4.79 Å². The Morgan fingerprint density at radius 3 is 2.05 bits per heavy atom. The molecule has 6 aromatic rings. The fourth-order valence-electron chi connectivity index (χ4n) is 7.21. The predicted octanol–water partition coefficient (Wildman–Crippen LogP) is 11.2. The van der Waals surface area contributed by atoms with E-state index < -0.39 is 0 Å². The molecule has 44 heavy (non-hydrogen) atoms. The normalized spacial score (nSPS) is 16.6. The summed E-state index contributed by atoms with van der Waals surface area (Å²) in [6.45, 7) is 8.99. The number of nitrogens with zero attached hydrogens (tertiary/aromatic N) is 1. The van der Waals surface area contributed by atoms with E-state index in [1.165, 1.54) is 32.3 Å². The third-order valence-electron chi connectivity index (χ3n) is 9.66. The number of carbonyl (C=O) groups is 1. The standard InChI is InChI=1S/C41H33NOS/c1-40(2)34-17-11-10-16-32(34)38(43)36(40)24-31-25-37-39(44-31)33-21-20-30(23-35(33)41(37,3)4)42(28-14-6-5-7-15-28)29-19-18-26-12-8-9-13-27(26)22-29/h5-25H,1-4H3/b36-24+. The van der Waals surface area contributed by atoms with Crippen LogP contribution in [0.3, 0.4) is 0 Å². The summed E-state index contributed by atoms with van der Waals surface area (Å²) >= 11 is 1.80. The summed E-state index contributed by atoms with van der Waals surface area (Å²) in [6.07, 6.45) is 2.15. The zero-order valence-electron chi connectivity index (χ0n) is 25.4. The quantitative estimate of drug-likeness (QED) is 0.191. The molecule has 0 N–H and O–H groups in total. The van der Waals surface area contributed by atoms with E-state index in [-0.39, 0.29) is 16.6 Å². The van der Waals surface area contributed by atoms with E-state index in [0.717, 1.165) is 38.6 Å². The van der Waals surface area contributed by atoms with Crippen molar-refractivity contribution in [2.45, 2.75) is 38.5 Å². The minimum absolute atomic E-state index is 0.151. The average molecular weight is 588 g/mol. The van der Waals surface area contributed by atoms with Gasteiger partial charge in [-0.1, -0.05) is 107 Å². The number of benzene rings is 5. The van der Waals surface area contributed by atoms with Crippen molar-refractivity contribution in [2.24, 2.45) is 0 Å². The smallest absolute Gasteiger partial charge is 0.190 e. The van der Waals surface area contributed by atoms with Crippen molar-refractivity contribution in [1.82, 2.24) is 0 Å².